The van der Waals surface area contributed by atoms with Crippen LogP contribution in [0.2, 0.25) is 5.02 Å². The quantitative estimate of drug-likeness (QED) is 0.194. The zero-order valence-electron chi connectivity index (χ0n) is 22.4. The van der Waals surface area contributed by atoms with E-state index in [1.807, 2.05) is 0 Å². The number of carboxylic acid groups (broad SMARTS) is 1. The Balaban J connectivity index is 1.65. The average molecular weight is 597 g/mol. The molecule has 0 atom stereocenters. The molecule has 11 heteroatoms. The lowest BCUT2D eigenvalue weighted by atomic mass is 9.94. The smallest absolute Gasteiger partial charge is 0.406 e. The fourth-order valence-electron chi connectivity index (χ4n) is 4.38. The summed E-state index contributed by atoms with van der Waals surface area (Å²) in [5.74, 6) is -2.13. The van der Waals surface area contributed by atoms with Crippen LogP contribution in [0, 0.1) is 0 Å². The van der Waals surface area contributed by atoms with E-state index >= 15 is 0 Å². The summed E-state index contributed by atoms with van der Waals surface area (Å²) < 4.78 is 45.7. The summed E-state index contributed by atoms with van der Waals surface area (Å²) in [6.07, 6.45) is -2.97. The van der Waals surface area contributed by atoms with Crippen LogP contribution in [0.1, 0.15) is 54.8 Å². The number of aryl methyl sites for hydroxylation is 1. The molecular weight excluding hydrogens is 573 g/mol. The van der Waals surface area contributed by atoms with Crippen LogP contribution in [-0.2, 0) is 6.42 Å². The normalized spacial score (nSPS) is 11.2. The number of aromatic carboxylic acids is 1. The molecule has 0 spiro atoms. The number of carboxylic acids is 1. The highest BCUT2D eigenvalue weighted by molar-refractivity contribution is 6.30. The molecule has 1 N–H and O–H groups in total. The molecule has 0 unspecified atom stereocenters. The number of aromatic nitrogens is 1. The maximum absolute atomic E-state index is 13.5. The number of benzene rings is 3. The molecular formula is C31H24ClF3N2O5. The van der Waals surface area contributed by atoms with Gasteiger partial charge in [-0.15, -0.1) is 0 Å². The van der Waals surface area contributed by atoms with Crippen LogP contribution < -0.4 is 9.64 Å². The number of ketones is 2. The number of hydrogen-bond acceptors (Lipinski definition) is 6. The van der Waals surface area contributed by atoms with Crippen LogP contribution in [0.3, 0.4) is 0 Å². The second-order valence-corrected chi connectivity index (χ2v) is 9.62. The number of methoxy groups -OCH3 is 1. The molecule has 0 radical (unpaired) electrons. The van der Waals surface area contributed by atoms with Crippen molar-refractivity contribution >= 4 is 40.5 Å². The number of halogens is 4. The maximum atomic E-state index is 13.5. The van der Waals surface area contributed by atoms with Gasteiger partial charge in [0.1, 0.15) is 18.0 Å². The summed E-state index contributed by atoms with van der Waals surface area (Å²) >= 11 is 6.04. The Bertz CT molecular complexity index is 1640. The summed E-state index contributed by atoms with van der Waals surface area (Å²) in [5, 5.41) is 10.2. The lowest BCUT2D eigenvalue weighted by molar-refractivity contribution is -0.118. The van der Waals surface area contributed by atoms with Gasteiger partial charge in [0, 0.05) is 27.4 Å². The molecule has 4 aromatic rings. The highest BCUT2D eigenvalue weighted by atomic mass is 35.5. The zero-order valence-corrected chi connectivity index (χ0v) is 23.2. The summed E-state index contributed by atoms with van der Waals surface area (Å²) in [4.78, 5) is 43.3. The van der Waals surface area contributed by atoms with E-state index in [2.05, 4.69) is 4.98 Å². The first-order valence-electron chi connectivity index (χ1n) is 12.6. The topological polar surface area (TPSA) is 96.8 Å². The Labute approximate surface area is 244 Å². The van der Waals surface area contributed by atoms with E-state index in [9.17, 15) is 32.7 Å². The number of alkyl halides is 3. The van der Waals surface area contributed by atoms with Crippen molar-refractivity contribution in [1.29, 1.82) is 0 Å². The minimum Gasteiger partial charge on any atom is -0.497 e. The van der Waals surface area contributed by atoms with Gasteiger partial charge in [-0.05, 0) is 78.7 Å². The van der Waals surface area contributed by atoms with E-state index in [0.29, 0.717) is 28.4 Å². The lowest BCUT2D eigenvalue weighted by Gasteiger charge is -2.28. The molecule has 7 nitrogen and oxygen atoms in total. The number of carbonyl (C=O) groups is 3. The fraction of sp³-hybridized carbons (Fsp3) is 0.161. The number of nitrogens with zero attached hydrogens (tertiary/aromatic N) is 2. The second kappa shape index (κ2) is 12.4. The number of hydrogen-bond donors (Lipinski definition) is 1. The van der Waals surface area contributed by atoms with E-state index in [0.717, 1.165) is 17.2 Å². The van der Waals surface area contributed by atoms with Gasteiger partial charge in [-0.25, -0.2) is 4.79 Å². The number of rotatable bonds is 10. The standard InChI is InChI=1S/C31H24ClF3N2O5/c1-3-18-14-21(32)7-13-27(18)37(17-31(33,34)35)22-8-12-26(36-16-22)29(39)20-6-11-24(25(15-20)30(40)41)28(38)19-4-9-23(42-2)10-5-19/h4-16H,3,17H2,1-2H3,(H,40,41). The molecule has 1 heterocycles. The summed E-state index contributed by atoms with van der Waals surface area (Å²) in [6.45, 7) is 0.491. The van der Waals surface area contributed by atoms with Crippen LogP contribution >= 0.6 is 11.6 Å². The van der Waals surface area contributed by atoms with Gasteiger partial charge in [-0.1, -0.05) is 24.6 Å². The first-order chi connectivity index (χ1) is 19.9. The Morgan fingerprint density at radius 3 is 2.17 bits per heavy atom. The van der Waals surface area contributed by atoms with E-state index < -0.39 is 30.3 Å². The molecule has 1 aromatic heterocycles. The van der Waals surface area contributed by atoms with Crippen molar-refractivity contribution in [2.45, 2.75) is 19.5 Å². The van der Waals surface area contributed by atoms with Crippen molar-refractivity contribution in [2.75, 3.05) is 18.6 Å². The fourth-order valence-corrected chi connectivity index (χ4v) is 4.58. The Morgan fingerprint density at radius 2 is 1.60 bits per heavy atom. The third kappa shape index (κ3) is 6.77. The Hall–Kier alpha value is -4.70. The number of carbonyl (C=O) groups excluding carboxylic acids is 2. The van der Waals surface area contributed by atoms with Crippen LogP contribution in [-0.4, -0.2) is 47.5 Å². The number of anilines is 2. The van der Waals surface area contributed by atoms with Crippen molar-refractivity contribution < 1.29 is 37.4 Å². The molecule has 0 saturated heterocycles. The Morgan fingerprint density at radius 1 is 0.905 bits per heavy atom. The van der Waals surface area contributed by atoms with Crippen LogP contribution in [0.5, 0.6) is 5.75 Å². The van der Waals surface area contributed by atoms with Crippen LogP contribution in [0.15, 0.2) is 79.0 Å². The van der Waals surface area contributed by atoms with Crippen molar-refractivity contribution in [2.24, 2.45) is 0 Å². The van der Waals surface area contributed by atoms with Gasteiger partial charge >= 0.3 is 12.1 Å². The molecule has 4 rings (SSSR count). The molecule has 216 valence electrons. The predicted molar refractivity (Wildman–Crippen MR) is 151 cm³/mol. The molecule has 0 aliphatic rings. The lowest BCUT2D eigenvalue weighted by Crippen LogP contribution is -2.31. The number of ether oxygens (including phenoxy) is 1. The third-order valence-corrected chi connectivity index (χ3v) is 6.69. The van der Waals surface area contributed by atoms with Gasteiger partial charge in [0.15, 0.2) is 5.78 Å². The minimum absolute atomic E-state index is 0.0583. The van der Waals surface area contributed by atoms with Gasteiger partial charge in [0.2, 0.25) is 5.78 Å². The van der Waals surface area contributed by atoms with Crippen molar-refractivity contribution in [1.82, 2.24) is 4.98 Å². The molecule has 0 amide bonds. The molecule has 42 heavy (non-hydrogen) atoms. The Kier molecular flexibility index (Phi) is 8.96. The maximum Gasteiger partial charge on any atom is 0.406 e. The van der Waals surface area contributed by atoms with Crippen molar-refractivity contribution in [3.8, 4) is 5.75 Å². The first kappa shape index (κ1) is 30.3. The van der Waals surface area contributed by atoms with Gasteiger partial charge in [-0.2, -0.15) is 13.2 Å². The monoisotopic (exact) mass is 596 g/mol. The zero-order chi connectivity index (χ0) is 30.6. The molecule has 3 aromatic carbocycles. The second-order valence-electron chi connectivity index (χ2n) is 9.18. The van der Waals surface area contributed by atoms with E-state index in [1.165, 1.54) is 55.6 Å². The molecule has 0 bridgehead atoms. The molecule has 0 aliphatic heterocycles. The third-order valence-electron chi connectivity index (χ3n) is 6.45. The van der Waals surface area contributed by atoms with Gasteiger partial charge < -0.3 is 14.7 Å². The first-order valence-corrected chi connectivity index (χ1v) is 13.0. The van der Waals surface area contributed by atoms with Gasteiger partial charge in [0.05, 0.1) is 24.6 Å². The van der Waals surface area contributed by atoms with Crippen molar-refractivity contribution in [3.63, 3.8) is 0 Å². The molecule has 0 saturated carbocycles. The van der Waals surface area contributed by atoms with Gasteiger partial charge in [-0.3, -0.25) is 14.6 Å². The number of pyridine rings is 1. The van der Waals surface area contributed by atoms with E-state index in [1.54, 1.807) is 25.1 Å². The highest BCUT2D eigenvalue weighted by Crippen LogP contribution is 2.34. The van der Waals surface area contributed by atoms with E-state index in [4.69, 9.17) is 16.3 Å². The summed E-state index contributed by atoms with van der Waals surface area (Å²) in [5.41, 5.74) is 0.521. The molecule has 0 fully saturated rings. The molecule has 0 aliphatic carbocycles. The van der Waals surface area contributed by atoms with E-state index in [-0.39, 0.29) is 33.6 Å². The summed E-state index contributed by atoms with van der Waals surface area (Å²) in [7, 11) is 1.47. The van der Waals surface area contributed by atoms with Gasteiger partial charge in [0.25, 0.3) is 0 Å². The predicted octanol–water partition coefficient (Wildman–Crippen LogP) is 7.17. The average Bonchev–Trinajstić information content (AvgIpc) is 2.98. The van der Waals surface area contributed by atoms with Crippen LogP contribution in [0.25, 0.3) is 0 Å². The highest BCUT2D eigenvalue weighted by Gasteiger charge is 2.33. The van der Waals surface area contributed by atoms with Crippen molar-refractivity contribution in [3.05, 3.63) is 118 Å². The van der Waals surface area contributed by atoms with Crippen LogP contribution in [0.4, 0.5) is 24.5 Å². The SMILES string of the molecule is CCc1cc(Cl)ccc1N(CC(F)(F)F)c1ccc(C(=O)c2ccc(C(=O)c3ccc(OC)cc3)c(C(=O)O)c2)nc1. The summed E-state index contributed by atoms with van der Waals surface area (Å²) in [6, 6.07) is 16.9. The largest absolute Gasteiger partial charge is 0.497 e. The minimum atomic E-state index is -4.54.